The van der Waals surface area contributed by atoms with Crippen molar-refractivity contribution < 1.29 is 13.9 Å². The van der Waals surface area contributed by atoms with Crippen molar-refractivity contribution in [3.8, 4) is 17.2 Å². The highest BCUT2D eigenvalue weighted by Crippen LogP contribution is 2.37. The van der Waals surface area contributed by atoms with E-state index in [0.717, 1.165) is 12.0 Å². The second kappa shape index (κ2) is 6.18. The number of nitrogens with zero attached hydrogens (tertiary/aromatic N) is 2. The Balaban J connectivity index is 1.69. The largest absolute Gasteiger partial charge is 0.496 e. The number of aromatic nitrogens is 2. The van der Waals surface area contributed by atoms with Crippen LogP contribution in [0.25, 0.3) is 11.5 Å². The van der Waals surface area contributed by atoms with Crippen molar-refractivity contribution >= 4 is 0 Å². The molecule has 24 heavy (non-hydrogen) atoms. The molecule has 1 aromatic carbocycles. The SMILES string of the molecule is COc1ccccc1-c1nnc(CN[C@@H]2CC(C)(C)OC2(C)C)o1. The first kappa shape index (κ1) is 16.9. The first-order chi connectivity index (χ1) is 11.3. The molecule has 130 valence electrons. The Morgan fingerprint density at radius 3 is 2.62 bits per heavy atom. The number of nitrogens with one attached hydrogen (secondary N) is 1. The summed E-state index contributed by atoms with van der Waals surface area (Å²) in [6.45, 7) is 8.95. The fourth-order valence-electron chi connectivity index (χ4n) is 3.35. The molecular weight excluding hydrogens is 306 g/mol. The van der Waals surface area contributed by atoms with Crippen LogP contribution in [0.2, 0.25) is 0 Å². The highest BCUT2D eigenvalue weighted by atomic mass is 16.5. The Hall–Kier alpha value is -1.92. The van der Waals surface area contributed by atoms with E-state index in [4.69, 9.17) is 13.9 Å². The van der Waals surface area contributed by atoms with E-state index >= 15 is 0 Å². The molecule has 1 aliphatic heterocycles. The Morgan fingerprint density at radius 2 is 1.96 bits per heavy atom. The molecule has 1 aliphatic rings. The molecule has 2 heterocycles. The van der Waals surface area contributed by atoms with Crippen LogP contribution in [0.4, 0.5) is 0 Å². The summed E-state index contributed by atoms with van der Waals surface area (Å²) >= 11 is 0. The van der Waals surface area contributed by atoms with E-state index in [1.807, 2.05) is 24.3 Å². The van der Waals surface area contributed by atoms with Crippen LogP contribution in [-0.2, 0) is 11.3 Å². The number of benzene rings is 1. The summed E-state index contributed by atoms with van der Waals surface area (Å²) in [4.78, 5) is 0. The average Bonchev–Trinajstić information content (AvgIpc) is 3.06. The van der Waals surface area contributed by atoms with Gasteiger partial charge in [-0.15, -0.1) is 10.2 Å². The Kier molecular flexibility index (Phi) is 4.36. The topological polar surface area (TPSA) is 69.4 Å². The van der Waals surface area contributed by atoms with Crippen LogP contribution in [0.1, 0.15) is 40.0 Å². The summed E-state index contributed by atoms with van der Waals surface area (Å²) in [7, 11) is 1.63. The molecular formula is C18H25N3O3. The second-order valence-corrected chi connectivity index (χ2v) is 7.30. The molecule has 0 saturated carbocycles. The van der Waals surface area contributed by atoms with Gasteiger partial charge in [0.25, 0.3) is 5.89 Å². The molecule has 1 saturated heterocycles. The van der Waals surface area contributed by atoms with Crippen molar-refractivity contribution in [2.45, 2.75) is 57.9 Å². The highest BCUT2D eigenvalue weighted by Gasteiger charge is 2.45. The molecule has 6 heteroatoms. The smallest absolute Gasteiger partial charge is 0.251 e. The van der Waals surface area contributed by atoms with E-state index in [1.165, 1.54) is 0 Å². The minimum atomic E-state index is -0.227. The van der Waals surface area contributed by atoms with Crippen molar-refractivity contribution in [1.82, 2.24) is 15.5 Å². The van der Waals surface area contributed by atoms with Crippen molar-refractivity contribution in [2.24, 2.45) is 0 Å². The molecule has 0 bridgehead atoms. The Labute approximate surface area is 142 Å². The van der Waals surface area contributed by atoms with Gasteiger partial charge in [-0.3, -0.25) is 0 Å². The molecule has 0 spiro atoms. The number of hydrogen-bond donors (Lipinski definition) is 1. The first-order valence-electron chi connectivity index (χ1n) is 8.20. The van der Waals surface area contributed by atoms with Crippen molar-refractivity contribution in [2.75, 3.05) is 7.11 Å². The predicted octanol–water partition coefficient (Wildman–Crippen LogP) is 3.18. The third-order valence-electron chi connectivity index (χ3n) is 4.38. The molecule has 0 amide bonds. The lowest BCUT2D eigenvalue weighted by Gasteiger charge is -2.27. The van der Waals surface area contributed by atoms with Crippen molar-refractivity contribution in [1.29, 1.82) is 0 Å². The molecule has 6 nitrogen and oxygen atoms in total. The van der Waals surface area contributed by atoms with Gasteiger partial charge in [0.15, 0.2) is 0 Å². The Bertz CT molecular complexity index is 709. The van der Waals surface area contributed by atoms with Crippen LogP contribution in [0.5, 0.6) is 5.75 Å². The van der Waals surface area contributed by atoms with Gasteiger partial charge in [0.05, 0.1) is 30.4 Å². The molecule has 1 aromatic heterocycles. The van der Waals surface area contributed by atoms with Crippen LogP contribution in [0, 0.1) is 0 Å². The summed E-state index contributed by atoms with van der Waals surface area (Å²) < 4.78 is 17.2. The summed E-state index contributed by atoms with van der Waals surface area (Å²) in [6, 6.07) is 7.83. The van der Waals surface area contributed by atoms with Crippen LogP contribution in [0.3, 0.4) is 0 Å². The molecule has 0 aliphatic carbocycles. The van der Waals surface area contributed by atoms with Gasteiger partial charge in [-0.1, -0.05) is 12.1 Å². The predicted molar refractivity (Wildman–Crippen MR) is 90.8 cm³/mol. The zero-order valence-electron chi connectivity index (χ0n) is 14.9. The summed E-state index contributed by atoms with van der Waals surface area (Å²) in [5, 5.41) is 11.8. The zero-order chi connectivity index (χ0) is 17.4. The fraction of sp³-hybridized carbons (Fsp3) is 0.556. The lowest BCUT2D eigenvalue weighted by molar-refractivity contribution is -0.0699. The maximum atomic E-state index is 6.10. The number of methoxy groups -OCH3 is 1. The molecule has 1 atom stereocenters. The third-order valence-corrected chi connectivity index (χ3v) is 4.38. The maximum absolute atomic E-state index is 6.10. The zero-order valence-corrected chi connectivity index (χ0v) is 14.9. The average molecular weight is 331 g/mol. The van der Waals surface area contributed by atoms with Crippen LogP contribution < -0.4 is 10.1 Å². The van der Waals surface area contributed by atoms with Crippen molar-refractivity contribution in [3.05, 3.63) is 30.2 Å². The van der Waals surface area contributed by atoms with Gasteiger partial charge < -0.3 is 19.2 Å². The number of rotatable bonds is 5. The van der Waals surface area contributed by atoms with E-state index < -0.39 is 0 Å². The number of hydrogen-bond acceptors (Lipinski definition) is 6. The van der Waals surface area contributed by atoms with E-state index in [9.17, 15) is 0 Å². The third kappa shape index (κ3) is 3.44. The maximum Gasteiger partial charge on any atom is 0.251 e. The van der Waals surface area contributed by atoms with Gasteiger partial charge in [-0.05, 0) is 46.2 Å². The summed E-state index contributed by atoms with van der Waals surface area (Å²) in [5.41, 5.74) is 0.442. The van der Waals surface area contributed by atoms with Crippen molar-refractivity contribution in [3.63, 3.8) is 0 Å². The molecule has 1 N–H and O–H groups in total. The monoisotopic (exact) mass is 331 g/mol. The van der Waals surface area contributed by atoms with E-state index in [1.54, 1.807) is 7.11 Å². The lowest BCUT2D eigenvalue weighted by Crippen LogP contribution is -2.43. The van der Waals surface area contributed by atoms with Gasteiger partial charge in [0, 0.05) is 6.04 Å². The van der Waals surface area contributed by atoms with E-state index in [-0.39, 0.29) is 17.2 Å². The lowest BCUT2D eigenvalue weighted by atomic mass is 9.94. The van der Waals surface area contributed by atoms with Gasteiger partial charge in [0.1, 0.15) is 5.75 Å². The second-order valence-electron chi connectivity index (χ2n) is 7.30. The van der Waals surface area contributed by atoms with Gasteiger partial charge in [-0.2, -0.15) is 0 Å². The van der Waals surface area contributed by atoms with E-state index in [2.05, 4.69) is 43.2 Å². The van der Waals surface area contributed by atoms with Gasteiger partial charge in [-0.25, -0.2) is 0 Å². The summed E-state index contributed by atoms with van der Waals surface area (Å²) in [5.74, 6) is 1.73. The quantitative estimate of drug-likeness (QED) is 0.907. The standard InChI is InChI=1S/C18H25N3O3/c1-17(2)10-14(18(3,4)24-17)19-11-15-20-21-16(23-15)12-8-6-7-9-13(12)22-5/h6-9,14,19H,10-11H2,1-5H3/t14-/m1/s1. The number of ether oxygens (including phenoxy) is 2. The van der Waals surface area contributed by atoms with Gasteiger partial charge in [0.2, 0.25) is 5.89 Å². The van der Waals surface area contributed by atoms with Crippen LogP contribution in [0.15, 0.2) is 28.7 Å². The molecule has 0 unspecified atom stereocenters. The number of para-hydroxylation sites is 1. The van der Waals surface area contributed by atoms with Gasteiger partial charge >= 0.3 is 0 Å². The molecule has 1 fully saturated rings. The van der Waals surface area contributed by atoms with Crippen LogP contribution >= 0.6 is 0 Å². The fourth-order valence-corrected chi connectivity index (χ4v) is 3.35. The molecule has 3 rings (SSSR count). The molecule has 0 radical (unpaired) electrons. The van der Waals surface area contributed by atoms with E-state index in [0.29, 0.717) is 24.1 Å². The normalized spacial score (nSPS) is 21.8. The summed E-state index contributed by atoms with van der Waals surface area (Å²) in [6.07, 6.45) is 0.938. The highest BCUT2D eigenvalue weighted by molar-refractivity contribution is 5.62. The molecule has 2 aromatic rings. The first-order valence-corrected chi connectivity index (χ1v) is 8.20. The Morgan fingerprint density at radius 1 is 1.21 bits per heavy atom. The minimum absolute atomic E-state index is 0.126. The van der Waals surface area contributed by atoms with Crippen LogP contribution in [-0.4, -0.2) is 34.6 Å². The minimum Gasteiger partial charge on any atom is -0.496 e.